The molecule has 0 aromatic heterocycles. The lowest BCUT2D eigenvalue weighted by atomic mass is 9.43. The van der Waals surface area contributed by atoms with E-state index in [1.54, 1.807) is 6.92 Å². The van der Waals surface area contributed by atoms with Gasteiger partial charge in [0.25, 0.3) is 6.10 Å². The van der Waals surface area contributed by atoms with Gasteiger partial charge in [0.15, 0.2) is 6.29 Å². The standard InChI is InChI=1S/C37H55F5O13S/c1-19(9-12-30(46)51-15-7-8-31(47)55-33(36(38,39)40)37(41,42)56(48,49)50)25-10-11-26-32-27(18-29(35(25,26)6)54-22(4)45)34(5)14-13-24(52-20(2)43)16-23(34)17-28(32)53-21(3)44/h19,22-29,32-33,45H,7-18H2,1-6H3,(H,48,49,50)/t19-,22?,23+,24?,25-,26+,27+,28?,29?,32+,33?,34+,35-/m1/s1. The Morgan fingerprint density at radius 3 is 2.09 bits per heavy atom. The van der Waals surface area contributed by atoms with E-state index in [-0.39, 0.29) is 77.6 Å². The molecule has 322 valence electrons. The maximum atomic E-state index is 13.7. The van der Waals surface area contributed by atoms with Crippen molar-refractivity contribution in [2.45, 2.75) is 154 Å². The fourth-order valence-electron chi connectivity index (χ4n) is 10.9. The zero-order chi connectivity index (χ0) is 42.2. The van der Waals surface area contributed by atoms with Crippen molar-refractivity contribution in [3.05, 3.63) is 0 Å². The van der Waals surface area contributed by atoms with E-state index in [0.29, 0.717) is 32.1 Å². The number of hydrogen-bond donors (Lipinski definition) is 2. The van der Waals surface area contributed by atoms with Crippen LogP contribution in [0.4, 0.5) is 22.0 Å². The third-order valence-corrected chi connectivity index (χ3v) is 14.1. The third kappa shape index (κ3) is 9.79. The first-order valence-electron chi connectivity index (χ1n) is 19.2. The van der Waals surface area contributed by atoms with Crippen LogP contribution in [-0.2, 0) is 53.0 Å². The summed E-state index contributed by atoms with van der Waals surface area (Å²) in [6.07, 6.45) is -8.52. The highest BCUT2D eigenvalue weighted by Gasteiger charge is 2.68. The minimum atomic E-state index is -6.58. The highest BCUT2D eigenvalue weighted by atomic mass is 32.2. The number of alkyl halides is 5. The van der Waals surface area contributed by atoms with Crippen LogP contribution in [0.25, 0.3) is 0 Å². The number of carbonyl (C=O) groups excluding carboxylic acids is 4. The van der Waals surface area contributed by atoms with Crippen LogP contribution in [0.3, 0.4) is 0 Å². The van der Waals surface area contributed by atoms with Crippen LogP contribution >= 0.6 is 0 Å². The Morgan fingerprint density at radius 2 is 1.52 bits per heavy atom. The monoisotopic (exact) mass is 834 g/mol. The highest BCUT2D eigenvalue weighted by Crippen LogP contribution is 2.69. The fourth-order valence-corrected chi connectivity index (χ4v) is 11.3. The van der Waals surface area contributed by atoms with Gasteiger partial charge in [0.2, 0.25) is 0 Å². The molecular weight excluding hydrogens is 779 g/mol. The molecule has 56 heavy (non-hydrogen) atoms. The molecule has 4 rings (SSSR count). The summed E-state index contributed by atoms with van der Waals surface area (Å²) in [4.78, 5) is 48.9. The summed E-state index contributed by atoms with van der Waals surface area (Å²) in [7, 11) is -6.58. The smallest absolute Gasteiger partial charge is 0.432 e. The lowest BCUT2D eigenvalue weighted by Gasteiger charge is -2.64. The average molecular weight is 835 g/mol. The summed E-state index contributed by atoms with van der Waals surface area (Å²) < 4.78 is 124. The quantitative estimate of drug-likeness (QED) is 0.0478. The van der Waals surface area contributed by atoms with Gasteiger partial charge in [-0.15, -0.1) is 0 Å². The Balaban J connectivity index is 1.41. The molecule has 0 amide bonds. The fraction of sp³-hybridized carbons (Fsp3) is 0.892. The molecule has 0 radical (unpaired) electrons. The van der Waals surface area contributed by atoms with Gasteiger partial charge >= 0.3 is 45.4 Å². The van der Waals surface area contributed by atoms with E-state index < -0.39 is 70.7 Å². The molecule has 2 N–H and O–H groups in total. The van der Waals surface area contributed by atoms with Crippen LogP contribution in [0.2, 0.25) is 0 Å². The summed E-state index contributed by atoms with van der Waals surface area (Å²) in [5.41, 5.74) is -0.645. The van der Waals surface area contributed by atoms with Crippen LogP contribution < -0.4 is 0 Å². The van der Waals surface area contributed by atoms with Gasteiger partial charge < -0.3 is 28.8 Å². The van der Waals surface area contributed by atoms with Crippen molar-refractivity contribution in [1.82, 2.24) is 0 Å². The SMILES string of the molecule is CC(=O)OC1CC[C@@]2(C)[C@@H](C1)CC(OC(C)=O)[C@@H]1[C@@H]2CC(OC(C)O)[C@]2(C)[C@@H]([C@H](C)CCC(=O)OCCCC(=O)OC(C(F)(F)F)C(F)(F)S(=O)(=O)O)CC[C@@H]12. The van der Waals surface area contributed by atoms with E-state index >= 15 is 0 Å². The van der Waals surface area contributed by atoms with Gasteiger partial charge in [0.05, 0.1) is 12.7 Å². The first kappa shape index (κ1) is 46.1. The maximum absolute atomic E-state index is 13.7. The topological polar surface area (TPSA) is 189 Å². The van der Waals surface area contributed by atoms with Crippen molar-refractivity contribution >= 4 is 34.0 Å². The molecule has 5 unspecified atom stereocenters. The average Bonchev–Trinajstić information content (AvgIpc) is 3.41. The van der Waals surface area contributed by atoms with Crippen molar-refractivity contribution < 1.29 is 82.9 Å². The second-order valence-electron chi connectivity index (χ2n) is 16.7. The molecule has 4 aliphatic carbocycles. The maximum Gasteiger partial charge on any atom is 0.432 e. The molecule has 13 atom stereocenters. The summed E-state index contributed by atoms with van der Waals surface area (Å²) >= 11 is 0. The minimum Gasteiger partial charge on any atom is -0.466 e. The predicted molar refractivity (Wildman–Crippen MR) is 185 cm³/mol. The van der Waals surface area contributed by atoms with Crippen LogP contribution in [0.15, 0.2) is 0 Å². The number of fused-ring (bicyclic) bond motifs is 5. The van der Waals surface area contributed by atoms with E-state index in [4.69, 9.17) is 23.5 Å². The van der Waals surface area contributed by atoms with Crippen molar-refractivity contribution in [2.75, 3.05) is 6.61 Å². The van der Waals surface area contributed by atoms with Gasteiger partial charge in [-0.25, -0.2) is 0 Å². The van der Waals surface area contributed by atoms with Gasteiger partial charge in [-0.05, 0) is 99.7 Å². The van der Waals surface area contributed by atoms with Gasteiger partial charge in [0, 0.05) is 38.0 Å². The number of aliphatic hydroxyl groups excluding tert-OH is 1. The minimum absolute atomic E-state index is 0.00353. The molecule has 0 aliphatic heterocycles. The summed E-state index contributed by atoms with van der Waals surface area (Å²) in [6, 6.07) is 0. The molecule has 0 aromatic rings. The molecule has 0 spiro atoms. The molecular formula is C37H55F5O13S. The van der Waals surface area contributed by atoms with E-state index in [0.717, 1.165) is 19.3 Å². The Bertz CT molecular complexity index is 1560. The molecule has 4 aliphatic rings. The van der Waals surface area contributed by atoms with Crippen molar-refractivity contribution in [3.8, 4) is 0 Å². The Morgan fingerprint density at radius 1 is 0.875 bits per heavy atom. The molecule has 0 saturated heterocycles. The Hall–Kier alpha value is -2.64. The lowest BCUT2D eigenvalue weighted by Crippen LogP contribution is -2.63. The van der Waals surface area contributed by atoms with E-state index in [2.05, 4.69) is 18.6 Å². The molecule has 13 nitrogen and oxygen atoms in total. The van der Waals surface area contributed by atoms with E-state index in [1.807, 2.05) is 6.92 Å². The molecule has 19 heteroatoms. The first-order valence-corrected chi connectivity index (χ1v) is 20.6. The van der Waals surface area contributed by atoms with Gasteiger partial charge in [-0.2, -0.15) is 30.4 Å². The molecule has 0 heterocycles. The van der Waals surface area contributed by atoms with Crippen LogP contribution in [0.5, 0.6) is 0 Å². The third-order valence-electron chi connectivity index (χ3n) is 13.2. The van der Waals surface area contributed by atoms with Crippen molar-refractivity contribution in [1.29, 1.82) is 0 Å². The van der Waals surface area contributed by atoms with Crippen molar-refractivity contribution in [2.24, 2.45) is 46.3 Å². The Kier molecular flexibility index (Phi) is 14.2. The number of esters is 4. The molecule has 4 fully saturated rings. The number of ether oxygens (including phenoxy) is 5. The summed E-state index contributed by atoms with van der Waals surface area (Å²) in [5, 5.41) is 4.71. The summed E-state index contributed by atoms with van der Waals surface area (Å²) in [5.74, 6) is -3.01. The predicted octanol–water partition coefficient (Wildman–Crippen LogP) is 6.15. The van der Waals surface area contributed by atoms with Gasteiger partial charge in [0.1, 0.15) is 12.2 Å². The zero-order valence-electron chi connectivity index (χ0n) is 32.5. The van der Waals surface area contributed by atoms with Crippen molar-refractivity contribution in [3.63, 3.8) is 0 Å². The Labute approximate surface area is 323 Å². The number of rotatable bonds is 15. The highest BCUT2D eigenvalue weighted by molar-refractivity contribution is 7.86. The molecule has 0 aromatic carbocycles. The zero-order valence-corrected chi connectivity index (χ0v) is 33.3. The first-order chi connectivity index (χ1) is 25.7. The number of carbonyl (C=O) groups is 4. The van der Waals surface area contributed by atoms with E-state index in [9.17, 15) is 54.7 Å². The lowest BCUT2D eigenvalue weighted by molar-refractivity contribution is -0.259. The largest absolute Gasteiger partial charge is 0.466 e. The van der Waals surface area contributed by atoms with Crippen LogP contribution in [-0.4, -0.2) is 90.7 Å². The van der Waals surface area contributed by atoms with Gasteiger partial charge in [-0.1, -0.05) is 20.8 Å². The number of aliphatic hydroxyl groups is 1. The second-order valence-corrected chi connectivity index (χ2v) is 18.2. The van der Waals surface area contributed by atoms with Gasteiger partial charge in [-0.3, -0.25) is 23.7 Å². The number of halogens is 5. The van der Waals surface area contributed by atoms with Crippen LogP contribution in [0.1, 0.15) is 112 Å². The number of hydrogen-bond acceptors (Lipinski definition) is 12. The molecule has 0 bridgehead atoms. The second kappa shape index (κ2) is 17.3. The van der Waals surface area contributed by atoms with Crippen LogP contribution in [0, 0.1) is 46.3 Å². The summed E-state index contributed by atoms with van der Waals surface area (Å²) in [6.45, 7) is 10.3. The van der Waals surface area contributed by atoms with E-state index in [1.165, 1.54) is 13.8 Å². The molecule has 4 saturated carbocycles. The normalized spacial score (nSPS) is 34.8.